The van der Waals surface area contributed by atoms with Crippen LogP contribution in [0.3, 0.4) is 0 Å². The second-order valence-corrected chi connectivity index (χ2v) is 8.63. The van der Waals surface area contributed by atoms with Crippen molar-refractivity contribution in [1.82, 2.24) is 24.6 Å². The van der Waals surface area contributed by atoms with Crippen LogP contribution in [-0.2, 0) is 18.3 Å². The number of anilines is 2. The fourth-order valence-electron chi connectivity index (χ4n) is 4.19. The highest BCUT2D eigenvalue weighted by Crippen LogP contribution is 2.34. The molecule has 1 aliphatic rings. The van der Waals surface area contributed by atoms with Gasteiger partial charge < -0.3 is 10.2 Å². The van der Waals surface area contributed by atoms with Crippen molar-refractivity contribution in [3.05, 3.63) is 54.0 Å². The van der Waals surface area contributed by atoms with Gasteiger partial charge in [0.05, 0.1) is 23.5 Å². The molecule has 1 N–H and O–H groups in total. The fraction of sp³-hybridized carbons (Fsp3) is 0.417. The first kappa shape index (κ1) is 23.7. The molecule has 1 fully saturated rings. The molecule has 0 aliphatic carbocycles. The summed E-state index contributed by atoms with van der Waals surface area (Å²) in [6.45, 7) is 2.32. The lowest BCUT2D eigenvalue weighted by Crippen LogP contribution is -2.42. The van der Waals surface area contributed by atoms with E-state index >= 15 is 0 Å². The number of hydrogen-bond donors (Lipinski definition) is 1. The van der Waals surface area contributed by atoms with Crippen molar-refractivity contribution >= 4 is 17.5 Å². The summed E-state index contributed by atoms with van der Waals surface area (Å²) in [5.74, 6) is -0.925. The largest absolute Gasteiger partial charge is 0.391 e. The summed E-state index contributed by atoms with van der Waals surface area (Å²) in [6, 6.07) is 7.78. The van der Waals surface area contributed by atoms with Crippen LogP contribution in [0.2, 0.25) is 0 Å². The Balaban J connectivity index is 1.35. The summed E-state index contributed by atoms with van der Waals surface area (Å²) in [5.41, 5.74) is 4.54. The van der Waals surface area contributed by atoms with Gasteiger partial charge in [-0.15, -0.1) is 0 Å². The van der Waals surface area contributed by atoms with Crippen LogP contribution in [0.5, 0.6) is 0 Å². The molecule has 0 bridgehead atoms. The van der Waals surface area contributed by atoms with Crippen molar-refractivity contribution < 1.29 is 18.0 Å². The molecule has 1 aromatic carbocycles. The van der Waals surface area contributed by atoms with E-state index in [9.17, 15) is 18.0 Å². The van der Waals surface area contributed by atoms with E-state index in [1.54, 1.807) is 22.0 Å². The fourth-order valence-corrected chi connectivity index (χ4v) is 4.19. The van der Waals surface area contributed by atoms with Gasteiger partial charge in [0.2, 0.25) is 11.9 Å². The van der Waals surface area contributed by atoms with Crippen LogP contribution in [0.1, 0.15) is 30.4 Å². The predicted octanol–water partition coefficient (Wildman–Crippen LogP) is 4.66. The van der Waals surface area contributed by atoms with Gasteiger partial charge in [-0.2, -0.15) is 18.3 Å². The molecule has 34 heavy (non-hydrogen) atoms. The second-order valence-electron chi connectivity index (χ2n) is 8.63. The summed E-state index contributed by atoms with van der Waals surface area (Å²) < 4.78 is 40.2. The average molecular weight is 473 g/mol. The summed E-state index contributed by atoms with van der Waals surface area (Å²) in [7, 11) is 1.83. The maximum Gasteiger partial charge on any atom is 0.391 e. The topological polar surface area (TPSA) is 75.9 Å². The number of aryl methyl sites for hydroxylation is 3. The highest BCUT2D eigenvalue weighted by Gasteiger charge is 2.41. The van der Waals surface area contributed by atoms with Crippen molar-refractivity contribution in [2.45, 2.75) is 38.8 Å². The lowest BCUT2D eigenvalue weighted by atomic mass is 9.95. The molecular formula is C24H27F3N6O. The molecule has 0 atom stereocenters. The number of nitrogens with zero attached hydrogens (tertiary/aromatic N) is 5. The Hall–Kier alpha value is -3.43. The maximum absolute atomic E-state index is 12.8. The van der Waals surface area contributed by atoms with E-state index in [0.29, 0.717) is 12.4 Å². The Morgan fingerprint density at radius 3 is 2.62 bits per heavy atom. The van der Waals surface area contributed by atoms with E-state index in [2.05, 4.69) is 20.4 Å². The summed E-state index contributed by atoms with van der Waals surface area (Å²) in [6.07, 6.45) is 1.83. The van der Waals surface area contributed by atoms with Crippen molar-refractivity contribution in [3.63, 3.8) is 0 Å². The number of rotatable bonds is 6. The van der Waals surface area contributed by atoms with Gasteiger partial charge >= 0.3 is 6.18 Å². The number of benzene rings is 1. The molecule has 1 amide bonds. The minimum Gasteiger partial charge on any atom is -0.343 e. The molecule has 10 heteroatoms. The summed E-state index contributed by atoms with van der Waals surface area (Å²) in [4.78, 5) is 22.9. The third-order valence-electron chi connectivity index (χ3n) is 6.17. The Kier molecular flexibility index (Phi) is 6.85. The lowest BCUT2D eigenvalue weighted by Gasteiger charge is -2.33. The molecule has 0 spiro atoms. The third kappa shape index (κ3) is 5.73. The van der Waals surface area contributed by atoms with E-state index in [1.807, 2.05) is 44.4 Å². The molecule has 3 aromatic rings. The zero-order valence-corrected chi connectivity index (χ0v) is 19.1. The molecule has 1 aliphatic heterocycles. The number of aromatic nitrogens is 4. The zero-order valence-electron chi connectivity index (χ0n) is 19.1. The smallest absolute Gasteiger partial charge is 0.343 e. The highest BCUT2D eigenvalue weighted by molar-refractivity contribution is 5.76. The van der Waals surface area contributed by atoms with Gasteiger partial charge in [0.25, 0.3) is 0 Å². The van der Waals surface area contributed by atoms with Crippen LogP contribution in [-0.4, -0.2) is 49.8 Å². The monoisotopic (exact) mass is 472 g/mol. The van der Waals surface area contributed by atoms with E-state index in [4.69, 9.17) is 0 Å². The first-order valence-corrected chi connectivity index (χ1v) is 11.2. The summed E-state index contributed by atoms with van der Waals surface area (Å²) in [5, 5.41) is 7.24. The Bertz CT molecular complexity index is 1150. The van der Waals surface area contributed by atoms with Gasteiger partial charge in [-0.1, -0.05) is 12.1 Å². The van der Waals surface area contributed by atoms with Crippen LogP contribution in [0.4, 0.5) is 24.8 Å². The van der Waals surface area contributed by atoms with Crippen molar-refractivity contribution in [2.75, 3.05) is 18.4 Å². The second kappa shape index (κ2) is 9.82. The SMILES string of the molecule is Cc1cc(-c2ccnc(Nc3cnn(C)c3)n2)ccc1CCC(=O)N1CCC(C(F)(F)F)CC1. The van der Waals surface area contributed by atoms with Crippen LogP contribution in [0.25, 0.3) is 11.3 Å². The van der Waals surface area contributed by atoms with E-state index in [-0.39, 0.29) is 38.3 Å². The number of carbonyl (C=O) groups excluding carboxylic acids is 1. The molecule has 2 aromatic heterocycles. The molecule has 0 saturated carbocycles. The number of piperidine rings is 1. The molecule has 7 nitrogen and oxygen atoms in total. The van der Waals surface area contributed by atoms with Gasteiger partial charge in [-0.3, -0.25) is 9.48 Å². The van der Waals surface area contributed by atoms with Crippen molar-refractivity contribution in [2.24, 2.45) is 13.0 Å². The van der Waals surface area contributed by atoms with Gasteiger partial charge in [0.15, 0.2) is 0 Å². The zero-order chi connectivity index (χ0) is 24.3. The first-order chi connectivity index (χ1) is 16.2. The van der Waals surface area contributed by atoms with Crippen LogP contribution >= 0.6 is 0 Å². The number of halogens is 3. The molecular weight excluding hydrogens is 445 g/mol. The van der Waals surface area contributed by atoms with Crippen LogP contribution in [0, 0.1) is 12.8 Å². The van der Waals surface area contributed by atoms with Crippen molar-refractivity contribution in [3.8, 4) is 11.3 Å². The van der Waals surface area contributed by atoms with Gasteiger partial charge in [0.1, 0.15) is 0 Å². The Morgan fingerprint density at radius 2 is 1.97 bits per heavy atom. The Labute approximate surface area is 196 Å². The maximum atomic E-state index is 12.8. The average Bonchev–Trinajstić information content (AvgIpc) is 3.22. The standard InChI is InChI=1S/C24H27F3N6O/c1-16-13-18(21-7-10-28-23(31-21)30-20-14-29-32(2)15-20)4-3-17(16)5-6-22(34)33-11-8-19(9-12-33)24(25,26)27/h3-4,7,10,13-15,19H,5-6,8-9,11-12H2,1-2H3,(H,28,30,31). The number of amides is 1. The minimum atomic E-state index is -4.17. The van der Waals surface area contributed by atoms with E-state index in [0.717, 1.165) is 28.1 Å². The number of alkyl halides is 3. The number of likely N-dealkylation sites (tertiary alicyclic amines) is 1. The number of nitrogens with one attached hydrogen (secondary N) is 1. The first-order valence-electron chi connectivity index (χ1n) is 11.2. The molecule has 1 saturated heterocycles. The molecule has 3 heterocycles. The third-order valence-corrected chi connectivity index (χ3v) is 6.17. The number of hydrogen-bond acceptors (Lipinski definition) is 5. The van der Waals surface area contributed by atoms with Crippen molar-refractivity contribution in [1.29, 1.82) is 0 Å². The van der Waals surface area contributed by atoms with Gasteiger partial charge in [0, 0.05) is 44.5 Å². The Morgan fingerprint density at radius 1 is 1.21 bits per heavy atom. The molecule has 4 rings (SSSR count). The quantitative estimate of drug-likeness (QED) is 0.565. The normalized spacial score (nSPS) is 14.9. The molecule has 0 radical (unpaired) electrons. The van der Waals surface area contributed by atoms with Gasteiger partial charge in [-0.05, 0) is 49.4 Å². The number of carbonyl (C=O) groups is 1. The van der Waals surface area contributed by atoms with Crippen LogP contribution in [0.15, 0.2) is 42.9 Å². The van der Waals surface area contributed by atoms with Crippen LogP contribution < -0.4 is 5.32 Å². The predicted molar refractivity (Wildman–Crippen MR) is 122 cm³/mol. The van der Waals surface area contributed by atoms with E-state index in [1.165, 1.54) is 0 Å². The molecule has 0 unspecified atom stereocenters. The van der Waals surface area contributed by atoms with Gasteiger partial charge in [-0.25, -0.2) is 9.97 Å². The summed E-state index contributed by atoms with van der Waals surface area (Å²) >= 11 is 0. The molecule has 180 valence electrons. The minimum absolute atomic E-state index is 0.0144. The highest BCUT2D eigenvalue weighted by atomic mass is 19.4. The van der Waals surface area contributed by atoms with E-state index < -0.39 is 12.1 Å². The lowest BCUT2D eigenvalue weighted by molar-refractivity contribution is -0.186.